The molecule has 0 aliphatic rings. The van der Waals surface area contributed by atoms with Crippen LogP contribution in [0.4, 0.5) is 0 Å². The molecule has 2 aromatic rings. The highest BCUT2D eigenvalue weighted by atomic mass is 16.5. The van der Waals surface area contributed by atoms with Crippen molar-refractivity contribution in [3.8, 4) is 11.5 Å². The molecule has 3 nitrogen and oxygen atoms in total. The van der Waals surface area contributed by atoms with Crippen molar-refractivity contribution in [2.45, 2.75) is 20.0 Å². The van der Waals surface area contributed by atoms with Crippen LogP contribution in [0.3, 0.4) is 0 Å². The van der Waals surface area contributed by atoms with Crippen LogP contribution in [0.1, 0.15) is 22.8 Å². The average molecular weight is 271 g/mol. The average Bonchev–Trinajstić information content (AvgIpc) is 2.45. The van der Waals surface area contributed by atoms with Crippen LogP contribution >= 0.6 is 0 Å². The van der Waals surface area contributed by atoms with Gasteiger partial charge in [0.05, 0.1) is 7.11 Å². The maximum atomic E-state index is 6.03. The van der Waals surface area contributed by atoms with Crippen LogP contribution in [0.5, 0.6) is 11.5 Å². The lowest BCUT2D eigenvalue weighted by Gasteiger charge is -2.20. The van der Waals surface area contributed by atoms with Crippen LogP contribution < -0.4 is 15.2 Å². The molecule has 2 rings (SSSR count). The maximum Gasteiger partial charge on any atom is 0.162 e. The van der Waals surface area contributed by atoms with Crippen molar-refractivity contribution in [3.05, 3.63) is 59.2 Å². The number of ether oxygens (including phenoxy) is 2. The predicted molar refractivity (Wildman–Crippen MR) is 81.3 cm³/mol. The third kappa shape index (κ3) is 3.31. The lowest BCUT2D eigenvalue weighted by Crippen LogP contribution is -2.18. The largest absolute Gasteiger partial charge is 0.493 e. The molecule has 1 atom stereocenters. The molecule has 0 amide bonds. The van der Waals surface area contributed by atoms with Crippen LogP contribution in [-0.2, 0) is 0 Å². The molecule has 2 N–H and O–H groups in total. The predicted octanol–water partition coefficient (Wildman–Crippen LogP) is 3.39. The van der Waals surface area contributed by atoms with E-state index < -0.39 is 0 Å². The van der Waals surface area contributed by atoms with Gasteiger partial charge < -0.3 is 15.2 Å². The summed E-state index contributed by atoms with van der Waals surface area (Å²) in [5.41, 5.74) is 9.27. The Labute approximate surface area is 120 Å². The fraction of sp³-hybridized carbons (Fsp3) is 0.294. The second-order valence-electron chi connectivity index (χ2n) is 4.91. The van der Waals surface area contributed by atoms with Crippen molar-refractivity contribution in [2.75, 3.05) is 13.7 Å². The van der Waals surface area contributed by atoms with Crippen molar-refractivity contribution in [1.82, 2.24) is 0 Å². The van der Waals surface area contributed by atoms with Gasteiger partial charge in [-0.1, -0.05) is 35.9 Å². The molecule has 0 heterocycles. The van der Waals surface area contributed by atoms with E-state index in [1.54, 1.807) is 7.11 Å². The van der Waals surface area contributed by atoms with Crippen molar-refractivity contribution < 1.29 is 9.47 Å². The van der Waals surface area contributed by atoms with Gasteiger partial charge in [-0.2, -0.15) is 0 Å². The van der Waals surface area contributed by atoms with Crippen LogP contribution in [0.25, 0.3) is 0 Å². The summed E-state index contributed by atoms with van der Waals surface area (Å²) in [5, 5.41) is 0. The Hall–Kier alpha value is -2.00. The number of benzene rings is 2. The minimum atomic E-state index is -0.175. The van der Waals surface area contributed by atoms with Gasteiger partial charge in [0.25, 0.3) is 0 Å². The number of nitrogens with two attached hydrogens (primary N) is 1. The van der Waals surface area contributed by atoms with Crippen molar-refractivity contribution >= 4 is 0 Å². The summed E-state index contributed by atoms with van der Waals surface area (Å²) in [4.78, 5) is 0. The normalized spacial score (nSPS) is 12.0. The van der Waals surface area contributed by atoms with Gasteiger partial charge in [-0.05, 0) is 37.1 Å². The standard InChI is InChI=1S/C17H21NO2/c1-12-5-4-6-14(9-12)17(11-18)20-15-8-7-13(2)10-16(15)19-3/h4-10,17H,11,18H2,1-3H3. The summed E-state index contributed by atoms with van der Waals surface area (Å²) in [6.07, 6.45) is -0.175. The van der Waals surface area contributed by atoms with Gasteiger partial charge in [0.2, 0.25) is 0 Å². The van der Waals surface area contributed by atoms with Gasteiger partial charge in [0.15, 0.2) is 11.5 Å². The van der Waals surface area contributed by atoms with Gasteiger partial charge in [0, 0.05) is 6.54 Å². The zero-order chi connectivity index (χ0) is 14.5. The first kappa shape index (κ1) is 14.4. The third-order valence-corrected chi connectivity index (χ3v) is 3.22. The molecule has 3 heteroatoms. The Bertz CT molecular complexity index is 581. The molecular weight excluding hydrogens is 250 g/mol. The molecular formula is C17H21NO2. The molecule has 0 spiro atoms. The van der Waals surface area contributed by atoms with E-state index in [1.807, 2.05) is 37.3 Å². The zero-order valence-electron chi connectivity index (χ0n) is 12.2. The topological polar surface area (TPSA) is 44.5 Å². The van der Waals surface area contributed by atoms with E-state index in [9.17, 15) is 0 Å². The summed E-state index contributed by atoms with van der Waals surface area (Å²) >= 11 is 0. The van der Waals surface area contributed by atoms with Crippen LogP contribution in [-0.4, -0.2) is 13.7 Å². The van der Waals surface area contributed by atoms with E-state index >= 15 is 0 Å². The fourth-order valence-electron chi connectivity index (χ4n) is 2.15. The minimum Gasteiger partial charge on any atom is -0.493 e. The molecule has 0 fully saturated rings. The summed E-state index contributed by atoms with van der Waals surface area (Å²) in [5.74, 6) is 1.45. The molecule has 1 unspecified atom stereocenters. The monoisotopic (exact) mass is 271 g/mol. The first-order valence-corrected chi connectivity index (χ1v) is 6.72. The lowest BCUT2D eigenvalue weighted by atomic mass is 10.1. The number of hydrogen-bond donors (Lipinski definition) is 1. The quantitative estimate of drug-likeness (QED) is 0.906. The molecule has 20 heavy (non-hydrogen) atoms. The van der Waals surface area contributed by atoms with E-state index in [0.717, 1.165) is 22.6 Å². The van der Waals surface area contributed by atoms with Gasteiger partial charge in [0.1, 0.15) is 6.10 Å². The number of rotatable bonds is 5. The minimum absolute atomic E-state index is 0.175. The fourth-order valence-corrected chi connectivity index (χ4v) is 2.15. The highest BCUT2D eigenvalue weighted by Crippen LogP contribution is 2.31. The van der Waals surface area contributed by atoms with Crippen molar-refractivity contribution in [3.63, 3.8) is 0 Å². The Morgan fingerprint density at radius 3 is 2.40 bits per heavy atom. The molecule has 0 saturated heterocycles. The van der Waals surface area contributed by atoms with Crippen LogP contribution in [0.2, 0.25) is 0 Å². The molecule has 0 bridgehead atoms. The van der Waals surface area contributed by atoms with E-state index in [1.165, 1.54) is 5.56 Å². The Morgan fingerprint density at radius 2 is 1.75 bits per heavy atom. The van der Waals surface area contributed by atoms with Crippen molar-refractivity contribution in [2.24, 2.45) is 5.73 Å². The Morgan fingerprint density at radius 1 is 1.00 bits per heavy atom. The van der Waals surface area contributed by atoms with Gasteiger partial charge >= 0.3 is 0 Å². The SMILES string of the molecule is COc1cc(C)ccc1OC(CN)c1cccc(C)c1. The smallest absolute Gasteiger partial charge is 0.162 e. The summed E-state index contributed by atoms with van der Waals surface area (Å²) in [6.45, 7) is 4.50. The highest BCUT2D eigenvalue weighted by Gasteiger charge is 2.14. The van der Waals surface area contributed by atoms with Gasteiger partial charge in [-0.15, -0.1) is 0 Å². The van der Waals surface area contributed by atoms with Gasteiger partial charge in [-0.3, -0.25) is 0 Å². The first-order valence-electron chi connectivity index (χ1n) is 6.72. The van der Waals surface area contributed by atoms with E-state index in [0.29, 0.717) is 6.54 Å². The highest BCUT2D eigenvalue weighted by molar-refractivity contribution is 5.43. The van der Waals surface area contributed by atoms with Crippen LogP contribution in [0, 0.1) is 13.8 Å². The molecule has 0 aliphatic carbocycles. The van der Waals surface area contributed by atoms with Crippen LogP contribution in [0.15, 0.2) is 42.5 Å². The number of hydrogen-bond acceptors (Lipinski definition) is 3. The van der Waals surface area contributed by atoms with Gasteiger partial charge in [-0.25, -0.2) is 0 Å². The molecule has 0 aliphatic heterocycles. The molecule has 0 radical (unpaired) electrons. The maximum absolute atomic E-state index is 6.03. The number of aryl methyl sites for hydroxylation is 2. The summed E-state index contributed by atoms with van der Waals surface area (Å²) < 4.78 is 11.4. The second kappa shape index (κ2) is 6.44. The molecule has 0 saturated carbocycles. The van der Waals surface area contributed by atoms with E-state index in [-0.39, 0.29) is 6.10 Å². The molecule has 0 aromatic heterocycles. The number of methoxy groups -OCH3 is 1. The van der Waals surface area contributed by atoms with E-state index in [4.69, 9.17) is 15.2 Å². The second-order valence-corrected chi connectivity index (χ2v) is 4.91. The summed E-state index contributed by atoms with van der Waals surface area (Å²) in [7, 11) is 1.64. The van der Waals surface area contributed by atoms with Crippen molar-refractivity contribution in [1.29, 1.82) is 0 Å². The van der Waals surface area contributed by atoms with E-state index in [2.05, 4.69) is 19.1 Å². The third-order valence-electron chi connectivity index (χ3n) is 3.22. The summed E-state index contributed by atoms with van der Waals surface area (Å²) in [6, 6.07) is 14.1. The Kier molecular flexibility index (Phi) is 4.64. The lowest BCUT2D eigenvalue weighted by molar-refractivity contribution is 0.204. The zero-order valence-corrected chi connectivity index (χ0v) is 12.2. The Balaban J connectivity index is 2.26. The molecule has 2 aromatic carbocycles. The molecule has 106 valence electrons. The first-order chi connectivity index (χ1) is 9.63.